The van der Waals surface area contributed by atoms with E-state index in [0.29, 0.717) is 17.4 Å². The Balaban J connectivity index is 2.10. The van der Waals surface area contributed by atoms with Gasteiger partial charge in [-0.25, -0.2) is 0 Å². The molecule has 2 heteroatoms. The molecule has 1 aromatic carbocycles. The lowest BCUT2D eigenvalue weighted by Gasteiger charge is -2.55. The van der Waals surface area contributed by atoms with Gasteiger partial charge in [-0.05, 0) is 55.3 Å². The maximum atomic E-state index is 5.52. The summed E-state index contributed by atoms with van der Waals surface area (Å²) in [6.45, 7) is 10.7. The topological polar surface area (TPSA) is 21.3 Å². The fourth-order valence-electron chi connectivity index (χ4n) is 3.39. The number of ether oxygens (including phenoxy) is 1. The lowest BCUT2D eigenvalue weighted by Crippen LogP contribution is -2.56. The number of rotatable bonds is 6. The summed E-state index contributed by atoms with van der Waals surface area (Å²) in [6.07, 6.45) is 2.48. The van der Waals surface area contributed by atoms with E-state index in [1.54, 1.807) is 0 Å². The van der Waals surface area contributed by atoms with E-state index in [-0.39, 0.29) is 0 Å². The first-order valence-electron chi connectivity index (χ1n) is 7.61. The molecular formula is C17H27NO. The van der Waals surface area contributed by atoms with E-state index in [0.717, 1.165) is 18.9 Å². The van der Waals surface area contributed by atoms with E-state index in [9.17, 15) is 0 Å². The van der Waals surface area contributed by atoms with Crippen LogP contribution in [0.15, 0.2) is 24.3 Å². The highest BCUT2D eigenvalue weighted by atomic mass is 16.5. The molecule has 1 saturated carbocycles. The van der Waals surface area contributed by atoms with Gasteiger partial charge < -0.3 is 10.1 Å². The molecule has 0 radical (unpaired) electrons. The van der Waals surface area contributed by atoms with Crippen LogP contribution in [0, 0.1) is 5.41 Å². The van der Waals surface area contributed by atoms with Crippen LogP contribution in [-0.4, -0.2) is 19.2 Å². The minimum atomic E-state index is 0.392. The first-order valence-corrected chi connectivity index (χ1v) is 7.61. The molecular weight excluding hydrogens is 234 g/mol. The molecule has 2 rings (SSSR count). The van der Waals surface area contributed by atoms with Crippen molar-refractivity contribution in [2.24, 2.45) is 5.41 Å². The molecule has 1 aliphatic carbocycles. The summed E-state index contributed by atoms with van der Waals surface area (Å²) in [4.78, 5) is 0. The highest BCUT2D eigenvalue weighted by molar-refractivity contribution is 5.33. The van der Waals surface area contributed by atoms with Gasteiger partial charge in [0.2, 0.25) is 0 Å². The average Bonchev–Trinajstić information content (AvgIpc) is 2.44. The third kappa shape index (κ3) is 2.64. The van der Waals surface area contributed by atoms with Crippen LogP contribution in [0.25, 0.3) is 0 Å². The van der Waals surface area contributed by atoms with Crippen LogP contribution in [0.5, 0.6) is 5.75 Å². The maximum absolute atomic E-state index is 5.52. The predicted molar refractivity (Wildman–Crippen MR) is 80.8 cm³/mol. The van der Waals surface area contributed by atoms with Crippen LogP contribution in [0.4, 0.5) is 0 Å². The van der Waals surface area contributed by atoms with Crippen LogP contribution in [0.3, 0.4) is 0 Å². The zero-order chi connectivity index (χ0) is 13.9. The maximum Gasteiger partial charge on any atom is 0.119 e. The third-order valence-electron chi connectivity index (χ3n) is 4.87. The quantitative estimate of drug-likeness (QED) is 0.836. The normalized spacial score (nSPS) is 29.9. The van der Waals surface area contributed by atoms with Crippen molar-refractivity contribution in [2.75, 3.05) is 13.2 Å². The molecule has 3 unspecified atom stereocenters. The molecule has 106 valence electrons. The Hall–Kier alpha value is -1.02. The van der Waals surface area contributed by atoms with Gasteiger partial charge in [0, 0.05) is 6.04 Å². The zero-order valence-electron chi connectivity index (χ0n) is 12.7. The van der Waals surface area contributed by atoms with Crippen molar-refractivity contribution in [1.29, 1.82) is 0 Å². The summed E-state index contributed by atoms with van der Waals surface area (Å²) in [7, 11) is 0. The highest BCUT2D eigenvalue weighted by Crippen LogP contribution is 2.54. The molecule has 0 amide bonds. The van der Waals surface area contributed by atoms with Gasteiger partial charge in [-0.3, -0.25) is 0 Å². The van der Waals surface area contributed by atoms with Gasteiger partial charge in [-0.1, -0.05) is 32.9 Å². The molecule has 1 aromatic rings. The molecule has 0 saturated heterocycles. The lowest BCUT2D eigenvalue weighted by atomic mass is 9.54. The summed E-state index contributed by atoms with van der Waals surface area (Å²) < 4.78 is 5.52. The van der Waals surface area contributed by atoms with Gasteiger partial charge in [0.1, 0.15) is 5.75 Å². The Kier molecular flexibility index (Phi) is 4.51. The molecule has 3 atom stereocenters. The van der Waals surface area contributed by atoms with E-state index in [4.69, 9.17) is 4.74 Å². The Bertz CT molecular complexity index is 400. The largest absolute Gasteiger partial charge is 0.494 e. The number of benzene rings is 1. The van der Waals surface area contributed by atoms with Crippen molar-refractivity contribution in [3.05, 3.63) is 29.8 Å². The smallest absolute Gasteiger partial charge is 0.119 e. The van der Waals surface area contributed by atoms with Gasteiger partial charge in [-0.2, -0.15) is 0 Å². The average molecular weight is 261 g/mol. The highest BCUT2D eigenvalue weighted by Gasteiger charge is 2.50. The second-order valence-electron chi connectivity index (χ2n) is 5.76. The van der Waals surface area contributed by atoms with Crippen LogP contribution in [0.2, 0.25) is 0 Å². The second kappa shape index (κ2) is 5.96. The number of hydrogen-bond acceptors (Lipinski definition) is 2. The van der Waals surface area contributed by atoms with Crippen LogP contribution < -0.4 is 10.1 Å². The predicted octanol–water partition coefficient (Wildman–Crippen LogP) is 3.97. The van der Waals surface area contributed by atoms with Crippen molar-refractivity contribution < 1.29 is 4.74 Å². The molecule has 1 N–H and O–H groups in total. The van der Waals surface area contributed by atoms with Gasteiger partial charge >= 0.3 is 0 Å². The standard InChI is InChI=1S/C17H27NO/c1-5-17(4)15(12-16(17)18-6-2)13-8-10-14(11-9-13)19-7-3/h8-11,15-16,18H,5-7,12H2,1-4H3. The Morgan fingerprint density at radius 2 is 1.89 bits per heavy atom. The number of hydrogen-bond donors (Lipinski definition) is 1. The van der Waals surface area contributed by atoms with Crippen molar-refractivity contribution in [3.63, 3.8) is 0 Å². The third-order valence-corrected chi connectivity index (χ3v) is 4.87. The second-order valence-corrected chi connectivity index (χ2v) is 5.76. The summed E-state index contributed by atoms with van der Waals surface area (Å²) >= 11 is 0. The molecule has 1 aliphatic rings. The molecule has 19 heavy (non-hydrogen) atoms. The van der Waals surface area contributed by atoms with E-state index in [2.05, 4.69) is 50.4 Å². The van der Waals surface area contributed by atoms with Gasteiger partial charge in [0.05, 0.1) is 6.61 Å². The summed E-state index contributed by atoms with van der Waals surface area (Å²) in [6, 6.07) is 9.36. The summed E-state index contributed by atoms with van der Waals surface area (Å²) in [5.41, 5.74) is 1.85. The minimum Gasteiger partial charge on any atom is -0.494 e. The first-order chi connectivity index (χ1) is 9.15. The van der Waals surface area contributed by atoms with Crippen molar-refractivity contribution in [2.45, 2.75) is 52.5 Å². The van der Waals surface area contributed by atoms with Gasteiger partial charge in [0.25, 0.3) is 0 Å². The Morgan fingerprint density at radius 1 is 1.21 bits per heavy atom. The fraction of sp³-hybridized carbons (Fsp3) is 0.647. The first kappa shape index (κ1) is 14.4. The molecule has 0 aliphatic heterocycles. The molecule has 0 bridgehead atoms. The van der Waals surface area contributed by atoms with Gasteiger partial charge in [-0.15, -0.1) is 0 Å². The molecule has 0 spiro atoms. The number of nitrogens with one attached hydrogen (secondary N) is 1. The van der Waals surface area contributed by atoms with Crippen LogP contribution >= 0.6 is 0 Å². The fourth-order valence-corrected chi connectivity index (χ4v) is 3.39. The molecule has 1 fully saturated rings. The summed E-state index contributed by atoms with van der Waals surface area (Å²) in [5, 5.41) is 3.63. The van der Waals surface area contributed by atoms with Crippen LogP contribution in [-0.2, 0) is 0 Å². The van der Waals surface area contributed by atoms with Crippen molar-refractivity contribution in [3.8, 4) is 5.75 Å². The summed E-state index contributed by atoms with van der Waals surface area (Å²) in [5.74, 6) is 1.66. The SMILES string of the molecule is CCNC1CC(c2ccc(OCC)cc2)C1(C)CC. The zero-order valence-corrected chi connectivity index (χ0v) is 12.7. The van der Waals surface area contributed by atoms with E-state index in [1.807, 2.05) is 6.92 Å². The minimum absolute atomic E-state index is 0.392. The lowest BCUT2D eigenvalue weighted by molar-refractivity contribution is 0.0455. The van der Waals surface area contributed by atoms with Crippen LogP contribution in [0.1, 0.15) is 52.0 Å². The molecule has 0 aromatic heterocycles. The van der Waals surface area contributed by atoms with E-state index >= 15 is 0 Å². The Labute approximate surface area is 117 Å². The van der Waals surface area contributed by atoms with E-state index in [1.165, 1.54) is 18.4 Å². The van der Waals surface area contributed by atoms with Crippen molar-refractivity contribution in [1.82, 2.24) is 5.32 Å². The molecule has 0 heterocycles. The van der Waals surface area contributed by atoms with Gasteiger partial charge in [0.15, 0.2) is 0 Å². The monoisotopic (exact) mass is 261 g/mol. The Morgan fingerprint density at radius 3 is 2.42 bits per heavy atom. The molecule has 2 nitrogen and oxygen atoms in total. The van der Waals surface area contributed by atoms with E-state index < -0.39 is 0 Å². The van der Waals surface area contributed by atoms with Crippen molar-refractivity contribution >= 4 is 0 Å².